The van der Waals surface area contributed by atoms with Gasteiger partial charge in [-0.15, -0.1) is 13.2 Å². The first-order valence-corrected chi connectivity index (χ1v) is 6.33. The molecule has 2 aromatic carbocycles. The predicted octanol–water partition coefficient (Wildman–Crippen LogP) is 4.24. The Balaban J connectivity index is 2.14. The molecule has 0 aliphatic carbocycles. The zero-order valence-corrected chi connectivity index (χ0v) is 11.4. The molecule has 0 spiro atoms. The number of hydrogen-bond donors (Lipinski definition) is 2. The van der Waals surface area contributed by atoms with Crippen molar-refractivity contribution in [3.63, 3.8) is 0 Å². The van der Waals surface area contributed by atoms with Gasteiger partial charge < -0.3 is 15.4 Å². The Labute approximate surface area is 120 Å². The molecule has 6 heteroatoms. The van der Waals surface area contributed by atoms with Crippen molar-refractivity contribution in [3.05, 3.63) is 54.1 Å². The fourth-order valence-electron chi connectivity index (χ4n) is 1.88. The summed E-state index contributed by atoms with van der Waals surface area (Å²) in [5.41, 5.74) is 2.27. The van der Waals surface area contributed by atoms with Gasteiger partial charge in [-0.05, 0) is 17.7 Å². The summed E-state index contributed by atoms with van der Waals surface area (Å²) in [7, 11) is 1.70. The van der Waals surface area contributed by atoms with Crippen molar-refractivity contribution in [3.8, 4) is 5.75 Å². The number of hydrogen-bond acceptors (Lipinski definition) is 3. The van der Waals surface area contributed by atoms with Crippen LogP contribution in [-0.2, 0) is 6.54 Å². The number of halogens is 3. The third kappa shape index (κ3) is 4.59. The molecule has 0 radical (unpaired) electrons. The minimum atomic E-state index is -4.70. The Morgan fingerprint density at radius 1 is 1.00 bits per heavy atom. The molecule has 2 rings (SSSR count). The van der Waals surface area contributed by atoms with E-state index in [4.69, 9.17) is 0 Å². The largest absolute Gasteiger partial charge is 0.573 e. The van der Waals surface area contributed by atoms with E-state index in [9.17, 15) is 13.2 Å². The maximum Gasteiger partial charge on any atom is 0.573 e. The molecule has 3 nitrogen and oxygen atoms in total. The first kappa shape index (κ1) is 15.0. The van der Waals surface area contributed by atoms with E-state index in [1.807, 2.05) is 30.3 Å². The Hall–Kier alpha value is -2.37. The quantitative estimate of drug-likeness (QED) is 0.866. The average Bonchev–Trinajstić information content (AvgIpc) is 2.45. The molecule has 0 unspecified atom stereocenters. The first-order valence-electron chi connectivity index (χ1n) is 6.33. The van der Waals surface area contributed by atoms with Gasteiger partial charge in [-0.2, -0.15) is 0 Å². The van der Waals surface area contributed by atoms with Gasteiger partial charge in [0.2, 0.25) is 0 Å². The Morgan fingerprint density at radius 3 is 2.33 bits per heavy atom. The van der Waals surface area contributed by atoms with Gasteiger partial charge in [0.25, 0.3) is 0 Å². The highest BCUT2D eigenvalue weighted by Gasteiger charge is 2.31. The lowest BCUT2D eigenvalue weighted by Gasteiger charge is -2.15. The van der Waals surface area contributed by atoms with Crippen molar-refractivity contribution in [1.29, 1.82) is 0 Å². The monoisotopic (exact) mass is 296 g/mol. The van der Waals surface area contributed by atoms with Crippen molar-refractivity contribution in [2.24, 2.45) is 0 Å². The van der Waals surface area contributed by atoms with Crippen LogP contribution in [-0.4, -0.2) is 13.4 Å². The summed E-state index contributed by atoms with van der Waals surface area (Å²) in [6, 6.07) is 13.7. The maximum absolute atomic E-state index is 12.2. The highest BCUT2D eigenvalue weighted by molar-refractivity contribution is 5.70. The van der Waals surface area contributed by atoms with Crippen molar-refractivity contribution in [1.82, 2.24) is 0 Å². The number of anilines is 2. The average molecular weight is 296 g/mol. The second kappa shape index (κ2) is 6.39. The van der Waals surface area contributed by atoms with Gasteiger partial charge in [-0.1, -0.05) is 30.3 Å². The molecule has 0 saturated heterocycles. The van der Waals surface area contributed by atoms with Gasteiger partial charge in [0.1, 0.15) is 5.75 Å². The zero-order valence-electron chi connectivity index (χ0n) is 11.4. The third-order valence-electron chi connectivity index (χ3n) is 2.82. The Morgan fingerprint density at radius 2 is 1.71 bits per heavy atom. The predicted molar refractivity (Wildman–Crippen MR) is 76.4 cm³/mol. The standard InChI is InChI=1S/C15H15F3N2O/c1-19-13-8-7-12(21-15(16,17)18)9-14(13)20-10-11-5-3-2-4-6-11/h2-9,19-20H,10H2,1H3. The summed E-state index contributed by atoms with van der Waals surface area (Å²) in [6.07, 6.45) is -4.70. The molecule has 0 fully saturated rings. The molecule has 0 atom stereocenters. The van der Waals surface area contributed by atoms with Gasteiger partial charge in [0.15, 0.2) is 0 Å². The highest BCUT2D eigenvalue weighted by Crippen LogP contribution is 2.30. The van der Waals surface area contributed by atoms with Crippen LogP contribution in [0.5, 0.6) is 5.75 Å². The first-order chi connectivity index (χ1) is 9.98. The maximum atomic E-state index is 12.2. The molecular weight excluding hydrogens is 281 g/mol. The zero-order chi connectivity index (χ0) is 15.3. The molecule has 0 aromatic heterocycles. The summed E-state index contributed by atoms with van der Waals surface area (Å²) in [5, 5.41) is 6.02. The summed E-state index contributed by atoms with van der Waals surface area (Å²) in [6.45, 7) is 0.505. The van der Waals surface area contributed by atoms with Crippen LogP contribution < -0.4 is 15.4 Å². The van der Waals surface area contributed by atoms with Crippen LogP contribution in [0.25, 0.3) is 0 Å². The topological polar surface area (TPSA) is 33.3 Å². The van der Waals surface area contributed by atoms with E-state index in [0.717, 1.165) is 5.56 Å². The van der Waals surface area contributed by atoms with Crippen molar-refractivity contribution < 1.29 is 17.9 Å². The van der Waals surface area contributed by atoms with E-state index < -0.39 is 6.36 Å². The smallest absolute Gasteiger partial charge is 0.406 e. The van der Waals surface area contributed by atoms with Crippen LogP contribution in [0, 0.1) is 0 Å². The van der Waals surface area contributed by atoms with Crippen molar-refractivity contribution in [2.45, 2.75) is 12.9 Å². The molecule has 0 heterocycles. The minimum absolute atomic E-state index is 0.253. The van der Waals surface area contributed by atoms with Crippen LogP contribution in [0.3, 0.4) is 0 Å². The van der Waals surface area contributed by atoms with Gasteiger partial charge in [0.05, 0.1) is 11.4 Å². The second-order valence-corrected chi connectivity index (χ2v) is 4.34. The van der Waals surface area contributed by atoms with Gasteiger partial charge in [-0.3, -0.25) is 0 Å². The van der Waals surface area contributed by atoms with E-state index in [0.29, 0.717) is 17.9 Å². The fraction of sp³-hybridized carbons (Fsp3) is 0.200. The molecule has 0 aliphatic rings. The Kier molecular flexibility index (Phi) is 4.57. The van der Waals surface area contributed by atoms with Crippen LogP contribution in [0.15, 0.2) is 48.5 Å². The lowest BCUT2D eigenvalue weighted by atomic mass is 10.2. The van der Waals surface area contributed by atoms with Crippen LogP contribution in [0.1, 0.15) is 5.56 Å². The van der Waals surface area contributed by atoms with E-state index in [2.05, 4.69) is 15.4 Å². The molecule has 21 heavy (non-hydrogen) atoms. The molecule has 2 N–H and O–H groups in total. The normalized spacial score (nSPS) is 11.0. The SMILES string of the molecule is CNc1ccc(OC(F)(F)F)cc1NCc1ccccc1. The minimum Gasteiger partial charge on any atom is -0.406 e. The highest BCUT2D eigenvalue weighted by atomic mass is 19.4. The van der Waals surface area contributed by atoms with Crippen molar-refractivity contribution in [2.75, 3.05) is 17.7 Å². The van der Waals surface area contributed by atoms with E-state index in [-0.39, 0.29) is 5.75 Å². The Bertz CT molecular complexity index is 585. The number of ether oxygens (including phenoxy) is 1. The van der Waals surface area contributed by atoms with E-state index >= 15 is 0 Å². The summed E-state index contributed by atoms with van der Waals surface area (Å²) >= 11 is 0. The van der Waals surface area contributed by atoms with Crippen LogP contribution in [0.2, 0.25) is 0 Å². The lowest BCUT2D eigenvalue weighted by Crippen LogP contribution is -2.17. The van der Waals surface area contributed by atoms with Gasteiger partial charge in [0, 0.05) is 19.7 Å². The van der Waals surface area contributed by atoms with E-state index in [1.165, 1.54) is 18.2 Å². The summed E-state index contributed by atoms with van der Waals surface area (Å²) < 4.78 is 40.7. The molecule has 0 amide bonds. The number of rotatable bonds is 5. The molecule has 0 bridgehead atoms. The second-order valence-electron chi connectivity index (χ2n) is 4.34. The molecule has 0 aliphatic heterocycles. The van der Waals surface area contributed by atoms with Gasteiger partial charge in [-0.25, -0.2) is 0 Å². The fourth-order valence-corrected chi connectivity index (χ4v) is 1.88. The number of nitrogens with one attached hydrogen (secondary N) is 2. The van der Waals surface area contributed by atoms with Crippen LogP contribution in [0.4, 0.5) is 24.5 Å². The number of alkyl halides is 3. The number of benzene rings is 2. The van der Waals surface area contributed by atoms with Crippen LogP contribution >= 0.6 is 0 Å². The molecule has 112 valence electrons. The molecule has 0 saturated carbocycles. The van der Waals surface area contributed by atoms with Gasteiger partial charge >= 0.3 is 6.36 Å². The summed E-state index contributed by atoms with van der Waals surface area (Å²) in [5.74, 6) is -0.253. The van der Waals surface area contributed by atoms with Crippen molar-refractivity contribution >= 4 is 11.4 Å². The molecular formula is C15H15F3N2O. The summed E-state index contributed by atoms with van der Waals surface area (Å²) in [4.78, 5) is 0. The van der Waals surface area contributed by atoms with E-state index in [1.54, 1.807) is 7.05 Å². The lowest BCUT2D eigenvalue weighted by molar-refractivity contribution is -0.274. The third-order valence-corrected chi connectivity index (χ3v) is 2.82. The molecule has 2 aromatic rings.